The fourth-order valence-corrected chi connectivity index (χ4v) is 3.43. The minimum absolute atomic E-state index is 0.0994. The van der Waals surface area contributed by atoms with Crippen LogP contribution in [0, 0.1) is 11.3 Å². The van der Waals surface area contributed by atoms with E-state index in [9.17, 15) is 9.59 Å². The Morgan fingerprint density at radius 2 is 1.63 bits per heavy atom. The Bertz CT molecular complexity index is 1000. The van der Waals surface area contributed by atoms with E-state index < -0.39 is 6.10 Å². The van der Waals surface area contributed by atoms with E-state index in [0.717, 1.165) is 5.56 Å². The number of carbonyl (C=O) groups is 2. The van der Waals surface area contributed by atoms with Crippen LogP contribution in [0.25, 0.3) is 6.08 Å². The first-order chi connectivity index (χ1) is 14.6. The van der Waals surface area contributed by atoms with Gasteiger partial charge in [-0.1, -0.05) is 24.3 Å². The Balaban J connectivity index is 1.29. The normalized spacial score (nSPS) is 18.2. The molecule has 0 N–H and O–H groups in total. The Morgan fingerprint density at radius 1 is 0.967 bits per heavy atom. The van der Waals surface area contributed by atoms with E-state index >= 15 is 0 Å². The van der Waals surface area contributed by atoms with Crippen molar-refractivity contribution in [1.82, 2.24) is 9.80 Å². The van der Waals surface area contributed by atoms with Gasteiger partial charge in [-0.05, 0) is 35.9 Å². The third kappa shape index (κ3) is 4.28. The average molecular weight is 403 g/mol. The molecule has 0 aromatic heterocycles. The van der Waals surface area contributed by atoms with Gasteiger partial charge in [0.05, 0.1) is 11.6 Å². The maximum absolute atomic E-state index is 12.8. The number of hydrogen-bond donors (Lipinski definition) is 0. The first kappa shape index (κ1) is 19.5. The van der Waals surface area contributed by atoms with Crippen LogP contribution in [0.1, 0.15) is 11.1 Å². The second-order valence-electron chi connectivity index (χ2n) is 7.08. The lowest BCUT2D eigenvalue weighted by Crippen LogP contribution is -2.54. The molecule has 4 rings (SSSR count). The van der Waals surface area contributed by atoms with Gasteiger partial charge in [-0.25, -0.2) is 0 Å². The van der Waals surface area contributed by atoms with Crippen molar-refractivity contribution in [1.29, 1.82) is 5.26 Å². The number of nitrogens with zero attached hydrogens (tertiary/aromatic N) is 3. The molecule has 2 heterocycles. The number of rotatable bonds is 3. The lowest BCUT2D eigenvalue weighted by atomic mass is 10.1. The van der Waals surface area contributed by atoms with Crippen LogP contribution in [0.15, 0.2) is 54.6 Å². The molecule has 0 aliphatic carbocycles. The molecule has 2 amide bonds. The molecule has 1 saturated heterocycles. The summed E-state index contributed by atoms with van der Waals surface area (Å²) in [4.78, 5) is 28.7. The number of carbonyl (C=O) groups excluding carboxylic acids is 2. The number of fused-ring (bicyclic) bond motifs is 1. The van der Waals surface area contributed by atoms with E-state index in [0.29, 0.717) is 43.2 Å². The molecule has 7 nitrogen and oxygen atoms in total. The van der Waals surface area contributed by atoms with Crippen LogP contribution in [0.5, 0.6) is 11.5 Å². The number of piperazine rings is 1. The summed E-state index contributed by atoms with van der Waals surface area (Å²) >= 11 is 0. The van der Waals surface area contributed by atoms with E-state index in [1.54, 1.807) is 46.2 Å². The summed E-state index contributed by atoms with van der Waals surface area (Å²) in [6, 6.07) is 16.4. The highest BCUT2D eigenvalue weighted by atomic mass is 16.6. The minimum Gasteiger partial charge on any atom is -0.485 e. The molecule has 2 aromatic rings. The quantitative estimate of drug-likeness (QED) is 0.733. The Labute approximate surface area is 174 Å². The number of ether oxygens (including phenoxy) is 2. The van der Waals surface area contributed by atoms with Gasteiger partial charge >= 0.3 is 0 Å². The zero-order valence-electron chi connectivity index (χ0n) is 16.4. The van der Waals surface area contributed by atoms with Gasteiger partial charge in [0, 0.05) is 32.3 Å². The monoisotopic (exact) mass is 403 g/mol. The predicted molar refractivity (Wildman–Crippen MR) is 110 cm³/mol. The van der Waals surface area contributed by atoms with Gasteiger partial charge in [0.2, 0.25) is 12.0 Å². The number of benzene rings is 2. The summed E-state index contributed by atoms with van der Waals surface area (Å²) in [7, 11) is 0. The van der Waals surface area contributed by atoms with Crippen LogP contribution in [-0.4, -0.2) is 60.5 Å². The first-order valence-corrected chi connectivity index (χ1v) is 9.78. The molecule has 2 aliphatic rings. The fourth-order valence-electron chi connectivity index (χ4n) is 3.43. The second-order valence-corrected chi connectivity index (χ2v) is 7.08. The summed E-state index contributed by atoms with van der Waals surface area (Å²) in [5.74, 6) is 0.997. The highest BCUT2D eigenvalue weighted by Crippen LogP contribution is 2.31. The van der Waals surface area contributed by atoms with E-state index in [1.165, 1.54) is 6.08 Å². The standard InChI is InChI=1S/C23H21N3O4/c24-15-18-7-5-17(6-8-18)9-10-22(27)25-11-13-26(14-12-25)23(28)21-16-29-19-3-1-2-4-20(19)30-21/h1-10,21H,11-14,16H2/b10-9+. The van der Waals surface area contributed by atoms with Crippen LogP contribution < -0.4 is 9.47 Å². The van der Waals surface area contributed by atoms with Gasteiger partial charge in [0.1, 0.15) is 6.61 Å². The lowest BCUT2D eigenvalue weighted by Gasteiger charge is -2.36. The maximum atomic E-state index is 12.8. The van der Waals surface area contributed by atoms with Gasteiger partial charge in [0.25, 0.3) is 5.91 Å². The Morgan fingerprint density at radius 3 is 2.33 bits per heavy atom. The molecule has 30 heavy (non-hydrogen) atoms. The molecule has 2 aromatic carbocycles. The summed E-state index contributed by atoms with van der Waals surface area (Å²) < 4.78 is 11.4. The van der Waals surface area contributed by atoms with Crippen LogP contribution in [-0.2, 0) is 9.59 Å². The van der Waals surface area contributed by atoms with Crippen molar-refractivity contribution in [2.24, 2.45) is 0 Å². The largest absolute Gasteiger partial charge is 0.485 e. The van der Waals surface area contributed by atoms with Crippen LogP contribution in [0.3, 0.4) is 0 Å². The Kier molecular flexibility index (Phi) is 5.66. The number of para-hydroxylation sites is 2. The molecule has 2 aliphatic heterocycles. The van der Waals surface area contributed by atoms with Crippen LogP contribution >= 0.6 is 0 Å². The third-order valence-corrected chi connectivity index (χ3v) is 5.15. The van der Waals surface area contributed by atoms with Crippen molar-refractivity contribution in [3.05, 3.63) is 65.7 Å². The van der Waals surface area contributed by atoms with Crippen molar-refractivity contribution >= 4 is 17.9 Å². The lowest BCUT2D eigenvalue weighted by molar-refractivity contribution is -0.145. The van der Waals surface area contributed by atoms with Gasteiger partial charge in [-0.3, -0.25) is 9.59 Å². The third-order valence-electron chi connectivity index (χ3n) is 5.15. The molecule has 0 radical (unpaired) electrons. The van der Waals surface area contributed by atoms with Crippen LogP contribution in [0.2, 0.25) is 0 Å². The highest BCUT2D eigenvalue weighted by molar-refractivity contribution is 5.92. The smallest absolute Gasteiger partial charge is 0.267 e. The predicted octanol–water partition coefficient (Wildman–Crippen LogP) is 2.08. The van der Waals surface area contributed by atoms with Crippen molar-refractivity contribution in [2.45, 2.75) is 6.10 Å². The van der Waals surface area contributed by atoms with Gasteiger partial charge in [-0.2, -0.15) is 5.26 Å². The number of nitriles is 1. The zero-order valence-corrected chi connectivity index (χ0v) is 16.4. The summed E-state index contributed by atoms with van der Waals surface area (Å²) in [5.41, 5.74) is 1.43. The van der Waals surface area contributed by atoms with E-state index in [1.807, 2.05) is 18.2 Å². The topological polar surface area (TPSA) is 82.9 Å². The van der Waals surface area contributed by atoms with Gasteiger partial charge in [0.15, 0.2) is 11.5 Å². The molecule has 1 fully saturated rings. The molecule has 1 atom stereocenters. The van der Waals surface area contributed by atoms with Crippen molar-refractivity contribution in [2.75, 3.05) is 32.8 Å². The molecule has 0 spiro atoms. The maximum Gasteiger partial charge on any atom is 0.267 e. The SMILES string of the molecule is N#Cc1ccc(/C=C/C(=O)N2CCN(C(=O)C3COc4ccccc4O3)CC2)cc1. The second kappa shape index (κ2) is 8.70. The molecule has 0 saturated carbocycles. The number of hydrogen-bond acceptors (Lipinski definition) is 5. The first-order valence-electron chi connectivity index (χ1n) is 9.78. The van der Waals surface area contributed by atoms with Crippen molar-refractivity contribution in [3.8, 4) is 17.6 Å². The van der Waals surface area contributed by atoms with Crippen molar-refractivity contribution < 1.29 is 19.1 Å². The molecule has 1 unspecified atom stereocenters. The summed E-state index contributed by atoms with van der Waals surface area (Å²) in [6.07, 6.45) is 2.58. The Hall–Kier alpha value is -3.79. The molecular formula is C23H21N3O4. The van der Waals surface area contributed by atoms with Gasteiger partial charge in [-0.15, -0.1) is 0 Å². The van der Waals surface area contributed by atoms with Crippen molar-refractivity contribution in [3.63, 3.8) is 0 Å². The molecule has 152 valence electrons. The number of amides is 2. The van der Waals surface area contributed by atoms with Crippen LogP contribution in [0.4, 0.5) is 0 Å². The van der Waals surface area contributed by atoms with Gasteiger partial charge < -0.3 is 19.3 Å². The van der Waals surface area contributed by atoms with E-state index in [2.05, 4.69) is 6.07 Å². The molecule has 0 bridgehead atoms. The molecular weight excluding hydrogens is 382 g/mol. The fraction of sp³-hybridized carbons (Fsp3) is 0.261. The summed E-state index contributed by atoms with van der Waals surface area (Å²) in [5, 5.41) is 8.83. The highest BCUT2D eigenvalue weighted by Gasteiger charge is 2.33. The van der Waals surface area contributed by atoms with E-state index in [-0.39, 0.29) is 18.4 Å². The average Bonchev–Trinajstić information content (AvgIpc) is 2.82. The zero-order chi connectivity index (χ0) is 20.9. The van der Waals surface area contributed by atoms with E-state index in [4.69, 9.17) is 14.7 Å². The minimum atomic E-state index is -0.668. The summed E-state index contributed by atoms with van der Waals surface area (Å²) in [6.45, 7) is 2.02. The molecule has 7 heteroatoms.